The van der Waals surface area contributed by atoms with Crippen molar-refractivity contribution in [1.82, 2.24) is 9.88 Å². The van der Waals surface area contributed by atoms with E-state index in [0.717, 1.165) is 5.56 Å². The monoisotopic (exact) mass is 279 g/mol. The topological polar surface area (TPSA) is 71.6 Å². The first-order chi connectivity index (χ1) is 9.52. The van der Waals surface area contributed by atoms with Crippen LogP contribution in [-0.4, -0.2) is 53.4 Å². The van der Waals surface area contributed by atoms with E-state index in [1.54, 1.807) is 6.20 Å². The second-order valence-corrected chi connectivity index (χ2v) is 5.84. The van der Waals surface area contributed by atoms with E-state index < -0.39 is 5.60 Å². The Morgan fingerprint density at radius 2 is 2.20 bits per heavy atom. The molecule has 1 aliphatic heterocycles. The molecule has 1 aromatic rings. The fourth-order valence-corrected chi connectivity index (χ4v) is 2.98. The van der Waals surface area contributed by atoms with Gasteiger partial charge < -0.3 is 15.6 Å². The van der Waals surface area contributed by atoms with Gasteiger partial charge in [-0.1, -0.05) is 6.07 Å². The molecule has 0 radical (unpaired) electrons. The normalized spacial score (nSPS) is 21.6. The summed E-state index contributed by atoms with van der Waals surface area (Å²) in [5, 5.41) is 10.6. The Bertz CT molecular complexity index is 405. The van der Waals surface area contributed by atoms with Gasteiger partial charge in [-0.2, -0.15) is 0 Å². The molecule has 1 aromatic heterocycles. The molecule has 0 aliphatic carbocycles. The van der Waals surface area contributed by atoms with Crippen LogP contribution in [0, 0.1) is 0 Å². The van der Waals surface area contributed by atoms with Gasteiger partial charge in [0.15, 0.2) is 0 Å². The summed E-state index contributed by atoms with van der Waals surface area (Å²) in [5.74, 6) is 0. The van der Waals surface area contributed by atoms with Gasteiger partial charge in [-0.15, -0.1) is 0 Å². The second kappa shape index (κ2) is 6.63. The third-order valence-electron chi connectivity index (χ3n) is 3.97. The lowest BCUT2D eigenvalue weighted by molar-refractivity contribution is -0.0824. The molecule has 2 atom stereocenters. The quantitative estimate of drug-likeness (QED) is 0.839. The minimum absolute atomic E-state index is 0.0346. The van der Waals surface area contributed by atoms with Crippen LogP contribution in [0.2, 0.25) is 0 Å². The number of hydrogen-bond donors (Lipinski definition) is 2. The van der Waals surface area contributed by atoms with Crippen LogP contribution in [-0.2, 0) is 4.74 Å². The van der Waals surface area contributed by atoms with Crippen LogP contribution in [0.25, 0.3) is 0 Å². The van der Waals surface area contributed by atoms with Crippen LogP contribution >= 0.6 is 0 Å². The van der Waals surface area contributed by atoms with Crippen LogP contribution in [0.15, 0.2) is 24.5 Å². The average molecular weight is 279 g/mol. The lowest BCUT2D eigenvalue weighted by Crippen LogP contribution is -2.49. The van der Waals surface area contributed by atoms with Crippen LogP contribution in [0.1, 0.15) is 31.4 Å². The second-order valence-electron chi connectivity index (χ2n) is 5.84. The highest BCUT2D eigenvalue weighted by molar-refractivity contribution is 5.16. The maximum absolute atomic E-state index is 10.6. The third kappa shape index (κ3) is 3.76. The summed E-state index contributed by atoms with van der Waals surface area (Å²) in [6.45, 7) is 3.83. The maximum Gasteiger partial charge on any atom is 0.0818 e. The molecule has 0 amide bonds. The van der Waals surface area contributed by atoms with E-state index in [9.17, 15) is 5.11 Å². The molecule has 5 heteroatoms. The SMILES string of the molecule is CC(N)C(c1cccnc1)N(C)CC1(O)CCOCC1. The Hall–Kier alpha value is -1.01. The molecule has 0 spiro atoms. The summed E-state index contributed by atoms with van der Waals surface area (Å²) < 4.78 is 5.33. The number of aliphatic hydroxyl groups is 1. The molecular formula is C15H25N3O2. The van der Waals surface area contributed by atoms with Crippen molar-refractivity contribution in [3.05, 3.63) is 30.1 Å². The number of ether oxygens (including phenoxy) is 1. The molecule has 20 heavy (non-hydrogen) atoms. The van der Waals surface area contributed by atoms with Gasteiger partial charge in [0.05, 0.1) is 11.6 Å². The number of rotatable bonds is 5. The zero-order valence-electron chi connectivity index (χ0n) is 12.3. The largest absolute Gasteiger partial charge is 0.388 e. The molecule has 2 unspecified atom stereocenters. The van der Waals surface area contributed by atoms with Crippen molar-refractivity contribution in [2.24, 2.45) is 5.73 Å². The van der Waals surface area contributed by atoms with Gasteiger partial charge >= 0.3 is 0 Å². The molecule has 0 bridgehead atoms. The van der Waals surface area contributed by atoms with E-state index in [0.29, 0.717) is 32.6 Å². The Kier molecular flexibility index (Phi) is 5.10. The summed E-state index contributed by atoms with van der Waals surface area (Å²) in [5.41, 5.74) is 6.55. The highest BCUT2D eigenvalue weighted by atomic mass is 16.5. The average Bonchev–Trinajstić information content (AvgIpc) is 2.39. The first-order valence-corrected chi connectivity index (χ1v) is 7.18. The van der Waals surface area contributed by atoms with Crippen LogP contribution in [0.4, 0.5) is 0 Å². The van der Waals surface area contributed by atoms with E-state index in [1.807, 2.05) is 32.3 Å². The molecule has 1 saturated heterocycles. The van der Waals surface area contributed by atoms with Crippen molar-refractivity contribution in [2.75, 3.05) is 26.8 Å². The summed E-state index contributed by atoms with van der Waals surface area (Å²) in [4.78, 5) is 6.30. The summed E-state index contributed by atoms with van der Waals surface area (Å²) in [6.07, 6.45) is 4.96. The first kappa shape index (κ1) is 15.4. The van der Waals surface area contributed by atoms with Gasteiger partial charge in [-0.05, 0) is 25.6 Å². The zero-order valence-corrected chi connectivity index (χ0v) is 12.3. The van der Waals surface area contributed by atoms with Crippen molar-refractivity contribution in [1.29, 1.82) is 0 Å². The zero-order chi connectivity index (χ0) is 14.6. The van der Waals surface area contributed by atoms with E-state index in [1.165, 1.54) is 0 Å². The fraction of sp³-hybridized carbons (Fsp3) is 0.667. The van der Waals surface area contributed by atoms with E-state index in [-0.39, 0.29) is 12.1 Å². The number of likely N-dealkylation sites (N-methyl/N-ethyl adjacent to an activating group) is 1. The molecule has 1 fully saturated rings. The number of pyridine rings is 1. The molecular weight excluding hydrogens is 254 g/mol. The number of nitrogens with two attached hydrogens (primary N) is 1. The summed E-state index contributed by atoms with van der Waals surface area (Å²) in [6, 6.07) is 3.97. The van der Waals surface area contributed by atoms with Gasteiger partial charge in [-0.25, -0.2) is 0 Å². The van der Waals surface area contributed by atoms with Crippen molar-refractivity contribution in [3.8, 4) is 0 Å². The van der Waals surface area contributed by atoms with Gasteiger partial charge in [0.25, 0.3) is 0 Å². The van der Waals surface area contributed by atoms with Crippen molar-refractivity contribution in [3.63, 3.8) is 0 Å². The van der Waals surface area contributed by atoms with Crippen molar-refractivity contribution in [2.45, 2.75) is 37.5 Å². The summed E-state index contributed by atoms with van der Waals surface area (Å²) in [7, 11) is 2.01. The first-order valence-electron chi connectivity index (χ1n) is 7.18. The Morgan fingerprint density at radius 1 is 1.50 bits per heavy atom. The molecule has 112 valence electrons. The van der Waals surface area contributed by atoms with Crippen LogP contribution < -0.4 is 5.73 Å². The summed E-state index contributed by atoms with van der Waals surface area (Å²) >= 11 is 0. The molecule has 5 nitrogen and oxygen atoms in total. The fourth-order valence-electron chi connectivity index (χ4n) is 2.98. The highest BCUT2D eigenvalue weighted by Gasteiger charge is 2.34. The predicted molar refractivity (Wildman–Crippen MR) is 78.3 cm³/mol. The predicted octanol–water partition coefficient (Wildman–Crippen LogP) is 0.943. The van der Waals surface area contributed by atoms with Gasteiger partial charge in [0.1, 0.15) is 0 Å². The molecule has 0 aromatic carbocycles. The number of aromatic nitrogens is 1. The molecule has 3 N–H and O–H groups in total. The standard InChI is InChI=1S/C15H25N3O2/c1-12(16)14(13-4-3-7-17-10-13)18(2)11-15(19)5-8-20-9-6-15/h3-4,7,10,12,14,19H,5-6,8-9,11,16H2,1-2H3. The Morgan fingerprint density at radius 3 is 2.75 bits per heavy atom. The van der Waals surface area contributed by atoms with E-state index >= 15 is 0 Å². The molecule has 2 rings (SSSR count). The molecule has 0 saturated carbocycles. The molecule has 1 aliphatic rings. The lowest BCUT2D eigenvalue weighted by Gasteiger charge is -2.39. The maximum atomic E-state index is 10.6. The lowest BCUT2D eigenvalue weighted by atomic mass is 9.92. The minimum Gasteiger partial charge on any atom is -0.388 e. The van der Waals surface area contributed by atoms with E-state index in [2.05, 4.69) is 9.88 Å². The highest BCUT2D eigenvalue weighted by Crippen LogP contribution is 2.27. The van der Waals surface area contributed by atoms with Crippen LogP contribution in [0.5, 0.6) is 0 Å². The number of nitrogens with zero attached hydrogens (tertiary/aromatic N) is 2. The Balaban J connectivity index is 2.09. The van der Waals surface area contributed by atoms with Crippen molar-refractivity contribution >= 4 is 0 Å². The molecule has 2 heterocycles. The van der Waals surface area contributed by atoms with E-state index in [4.69, 9.17) is 10.5 Å². The van der Waals surface area contributed by atoms with Crippen LogP contribution in [0.3, 0.4) is 0 Å². The smallest absolute Gasteiger partial charge is 0.0818 e. The van der Waals surface area contributed by atoms with Crippen molar-refractivity contribution < 1.29 is 9.84 Å². The number of hydrogen-bond acceptors (Lipinski definition) is 5. The van der Waals surface area contributed by atoms with Gasteiger partial charge in [-0.3, -0.25) is 9.88 Å². The Labute approximate surface area is 120 Å². The van der Waals surface area contributed by atoms with Gasteiger partial charge in [0.2, 0.25) is 0 Å². The van der Waals surface area contributed by atoms with Gasteiger partial charge in [0, 0.05) is 51.0 Å². The minimum atomic E-state index is -0.678. The third-order valence-corrected chi connectivity index (χ3v) is 3.97.